The van der Waals surface area contributed by atoms with Gasteiger partial charge in [-0.1, -0.05) is 27.7 Å². The molecule has 0 radical (unpaired) electrons. The molecule has 1 aromatic rings. The lowest BCUT2D eigenvalue weighted by atomic mass is 9.92. The van der Waals surface area contributed by atoms with Crippen molar-refractivity contribution in [3.05, 3.63) is 47.1 Å². The summed E-state index contributed by atoms with van der Waals surface area (Å²) >= 11 is 0. The predicted molar refractivity (Wildman–Crippen MR) is 118 cm³/mol. The van der Waals surface area contributed by atoms with Gasteiger partial charge in [0.05, 0.1) is 0 Å². The highest BCUT2D eigenvalue weighted by atomic mass is 16.7. The number of nitrogens with zero attached hydrogens (tertiary/aromatic N) is 2. The van der Waals surface area contributed by atoms with E-state index in [1.54, 1.807) is 0 Å². The van der Waals surface area contributed by atoms with Gasteiger partial charge < -0.3 is 19.7 Å². The van der Waals surface area contributed by atoms with Crippen molar-refractivity contribution in [1.29, 1.82) is 0 Å². The summed E-state index contributed by atoms with van der Waals surface area (Å²) in [6.07, 6.45) is 8.70. The predicted octanol–water partition coefficient (Wildman–Crippen LogP) is 5.01. The molecular formula is C24H37N3O2. The lowest BCUT2D eigenvalue weighted by molar-refractivity contribution is 0.0961. The van der Waals surface area contributed by atoms with E-state index in [4.69, 9.17) is 9.47 Å². The first-order chi connectivity index (χ1) is 14.2. The molecule has 160 valence electrons. The number of anilines is 1. The normalized spacial score (nSPS) is 23.9. The van der Waals surface area contributed by atoms with Crippen LogP contribution in [0.2, 0.25) is 0 Å². The van der Waals surface area contributed by atoms with Gasteiger partial charge >= 0.3 is 0 Å². The fourth-order valence-corrected chi connectivity index (χ4v) is 4.50. The van der Waals surface area contributed by atoms with Crippen molar-refractivity contribution in [2.75, 3.05) is 31.3 Å². The third kappa shape index (κ3) is 5.75. The molecule has 2 atom stereocenters. The molecule has 2 saturated heterocycles. The lowest BCUT2D eigenvalue weighted by Gasteiger charge is -2.36. The molecule has 0 saturated carbocycles. The van der Waals surface area contributed by atoms with Crippen molar-refractivity contribution in [2.45, 2.75) is 59.9 Å². The number of hydrogen-bond acceptors (Lipinski definition) is 5. The fraction of sp³-hybridized carbons (Fsp3) is 0.625. The van der Waals surface area contributed by atoms with E-state index in [0.29, 0.717) is 6.79 Å². The molecule has 2 aliphatic heterocycles. The van der Waals surface area contributed by atoms with Crippen molar-refractivity contribution in [2.24, 2.45) is 11.8 Å². The van der Waals surface area contributed by atoms with Crippen LogP contribution in [0.3, 0.4) is 0 Å². The lowest BCUT2D eigenvalue weighted by Crippen LogP contribution is -2.39. The summed E-state index contributed by atoms with van der Waals surface area (Å²) in [4.78, 5) is 7.07. The Bertz CT molecular complexity index is 719. The summed E-state index contributed by atoms with van der Waals surface area (Å²) < 4.78 is 11.3. The average Bonchev–Trinajstić information content (AvgIpc) is 3.11. The second-order valence-electron chi connectivity index (χ2n) is 8.28. The molecule has 2 unspecified atom stereocenters. The Labute approximate surface area is 176 Å². The van der Waals surface area contributed by atoms with Gasteiger partial charge in [0.15, 0.2) is 11.5 Å². The summed E-state index contributed by atoms with van der Waals surface area (Å²) in [5, 5.41) is 3.59. The zero-order chi connectivity index (χ0) is 20.6. The molecule has 1 aliphatic carbocycles. The van der Waals surface area contributed by atoms with Crippen LogP contribution in [0, 0.1) is 11.8 Å². The molecule has 0 aromatic carbocycles. The number of piperidine rings is 1. The van der Waals surface area contributed by atoms with E-state index < -0.39 is 0 Å². The highest BCUT2D eigenvalue weighted by molar-refractivity contribution is 5.41. The van der Waals surface area contributed by atoms with Gasteiger partial charge in [-0.3, -0.25) is 0 Å². The third-order valence-corrected chi connectivity index (χ3v) is 5.65. The van der Waals surface area contributed by atoms with Gasteiger partial charge in [0.2, 0.25) is 6.79 Å². The van der Waals surface area contributed by atoms with Gasteiger partial charge in [-0.25, -0.2) is 4.98 Å². The third-order valence-electron chi connectivity index (χ3n) is 5.65. The SMILES string of the molecule is CC.CC1CC(C)CN(c2cc(CNCC3=C4OCOC4=CCCC3)ccn2)C1. The number of nitrogens with one attached hydrogen (secondary N) is 1. The molecule has 29 heavy (non-hydrogen) atoms. The van der Waals surface area contributed by atoms with Crippen LogP contribution in [0.15, 0.2) is 41.5 Å². The molecule has 5 heteroatoms. The Morgan fingerprint density at radius 2 is 1.93 bits per heavy atom. The first-order valence-corrected chi connectivity index (χ1v) is 11.3. The number of fused-ring (bicyclic) bond motifs is 1. The van der Waals surface area contributed by atoms with Crippen molar-refractivity contribution in [1.82, 2.24) is 10.3 Å². The molecule has 5 nitrogen and oxygen atoms in total. The van der Waals surface area contributed by atoms with E-state index in [9.17, 15) is 0 Å². The quantitative estimate of drug-likeness (QED) is 0.754. The van der Waals surface area contributed by atoms with Gasteiger partial charge in [-0.2, -0.15) is 0 Å². The first kappa shape index (κ1) is 21.7. The number of aromatic nitrogens is 1. The van der Waals surface area contributed by atoms with Crippen molar-refractivity contribution in [3.63, 3.8) is 0 Å². The second kappa shape index (κ2) is 10.7. The van der Waals surface area contributed by atoms with Crippen LogP contribution in [0.5, 0.6) is 0 Å². The summed E-state index contributed by atoms with van der Waals surface area (Å²) in [6, 6.07) is 4.35. The molecule has 3 heterocycles. The Balaban J connectivity index is 0.00000117. The molecule has 1 N–H and O–H groups in total. The summed E-state index contributed by atoms with van der Waals surface area (Å²) in [5.41, 5.74) is 2.61. The zero-order valence-electron chi connectivity index (χ0n) is 18.5. The van der Waals surface area contributed by atoms with Gasteiger partial charge in [-0.15, -0.1) is 0 Å². The van der Waals surface area contributed by atoms with E-state index in [-0.39, 0.29) is 0 Å². The van der Waals surface area contributed by atoms with Crippen LogP contribution in [0.4, 0.5) is 5.82 Å². The van der Waals surface area contributed by atoms with Gasteiger partial charge in [0.25, 0.3) is 0 Å². The van der Waals surface area contributed by atoms with Crippen LogP contribution in [-0.2, 0) is 16.0 Å². The zero-order valence-corrected chi connectivity index (χ0v) is 18.5. The number of rotatable bonds is 5. The molecular weight excluding hydrogens is 362 g/mol. The van der Waals surface area contributed by atoms with E-state index >= 15 is 0 Å². The first-order valence-electron chi connectivity index (χ1n) is 11.3. The highest BCUT2D eigenvalue weighted by Crippen LogP contribution is 2.30. The Morgan fingerprint density at radius 3 is 2.72 bits per heavy atom. The standard InChI is InChI=1S/C22H31N3O2.C2H6/c1-16-9-17(2)14-25(13-16)21-10-18(7-8-24-21)11-23-12-19-5-3-4-6-20-22(19)27-15-26-20;1-2/h6-8,10,16-17,23H,3-5,9,11-15H2,1-2H3;1-2H3. The van der Waals surface area contributed by atoms with Gasteiger partial charge in [-0.05, 0) is 66.9 Å². The maximum atomic E-state index is 5.70. The summed E-state index contributed by atoms with van der Waals surface area (Å²) in [7, 11) is 0. The number of hydrogen-bond donors (Lipinski definition) is 1. The van der Waals surface area contributed by atoms with E-state index in [2.05, 4.69) is 47.3 Å². The van der Waals surface area contributed by atoms with E-state index in [1.807, 2.05) is 20.0 Å². The van der Waals surface area contributed by atoms with Crippen LogP contribution in [0.25, 0.3) is 0 Å². The van der Waals surface area contributed by atoms with Crippen LogP contribution in [-0.4, -0.2) is 31.4 Å². The largest absolute Gasteiger partial charge is 0.454 e. The highest BCUT2D eigenvalue weighted by Gasteiger charge is 2.24. The van der Waals surface area contributed by atoms with Crippen LogP contribution >= 0.6 is 0 Å². The van der Waals surface area contributed by atoms with E-state index in [0.717, 1.165) is 74.6 Å². The molecule has 3 aliphatic rings. The number of ether oxygens (including phenoxy) is 2. The molecule has 1 aromatic heterocycles. The summed E-state index contributed by atoms with van der Waals surface area (Å²) in [6.45, 7) is 12.9. The Morgan fingerprint density at radius 1 is 1.14 bits per heavy atom. The summed E-state index contributed by atoms with van der Waals surface area (Å²) in [5.74, 6) is 4.48. The smallest absolute Gasteiger partial charge is 0.231 e. The number of pyridine rings is 1. The van der Waals surface area contributed by atoms with Crippen molar-refractivity contribution in [3.8, 4) is 0 Å². The molecule has 4 rings (SSSR count). The van der Waals surface area contributed by atoms with Crippen molar-refractivity contribution >= 4 is 5.82 Å². The number of allylic oxidation sites excluding steroid dienone is 1. The maximum Gasteiger partial charge on any atom is 0.231 e. The van der Waals surface area contributed by atoms with Gasteiger partial charge in [0.1, 0.15) is 5.82 Å². The monoisotopic (exact) mass is 399 g/mol. The van der Waals surface area contributed by atoms with Crippen LogP contribution < -0.4 is 10.2 Å². The Hall–Kier alpha value is -2.01. The van der Waals surface area contributed by atoms with Crippen LogP contribution in [0.1, 0.15) is 58.9 Å². The molecule has 0 bridgehead atoms. The molecule has 0 amide bonds. The second-order valence-corrected chi connectivity index (χ2v) is 8.28. The average molecular weight is 400 g/mol. The fourth-order valence-electron chi connectivity index (χ4n) is 4.50. The van der Waals surface area contributed by atoms with Gasteiger partial charge in [0, 0.05) is 32.4 Å². The maximum absolute atomic E-state index is 5.70. The minimum atomic E-state index is 0.352. The van der Waals surface area contributed by atoms with Crippen molar-refractivity contribution < 1.29 is 9.47 Å². The minimum absolute atomic E-state index is 0.352. The molecule has 2 fully saturated rings. The minimum Gasteiger partial charge on any atom is -0.454 e. The molecule has 0 spiro atoms. The Kier molecular flexibility index (Phi) is 7.99. The topological polar surface area (TPSA) is 46.6 Å². The van der Waals surface area contributed by atoms with E-state index in [1.165, 1.54) is 17.6 Å².